The third-order valence-corrected chi connectivity index (χ3v) is 5.29. The predicted octanol–water partition coefficient (Wildman–Crippen LogP) is 0.372. The molecule has 2 fully saturated rings. The molecular weight excluding hydrogens is 358 g/mol. The Kier molecular flexibility index (Phi) is 5.50. The van der Waals surface area contributed by atoms with E-state index in [9.17, 15) is 9.59 Å². The quantitative estimate of drug-likeness (QED) is 0.754. The number of rotatable bonds is 4. The van der Waals surface area contributed by atoms with Crippen molar-refractivity contribution in [1.29, 1.82) is 0 Å². The van der Waals surface area contributed by atoms with Crippen LogP contribution >= 0.6 is 0 Å². The van der Waals surface area contributed by atoms with Gasteiger partial charge in [-0.3, -0.25) is 9.59 Å². The molecule has 1 amide bonds. The standard InChI is InChI=1S/C19H25N7O2/c27-17-5-4-7-21-26(17)15-18(28)24-13-11-23(12-14-24)16-6-8-20-19(22-16)25-9-2-1-3-10-25/h4-8H,1-3,9-15H2. The molecule has 0 unspecified atom stereocenters. The second-order valence-corrected chi connectivity index (χ2v) is 7.15. The van der Waals surface area contributed by atoms with E-state index in [1.807, 2.05) is 12.3 Å². The van der Waals surface area contributed by atoms with Crippen molar-refractivity contribution >= 4 is 17.7 Å². The fourth-order valence-electron chi connectivity index (χ4n) is 3.68. The summed E-state index contributed by atoms with van der Waals surface area (Å²) in [5.41, 5.74) is -0.263. The van der Waals surface area contributed by atoms with Crippen molar-refractivity contribution in [3.8, 4) is 0 Å². The minimum atomic E-state index is -0.263. The maximum atomic E-state index is 12.5. The molecule has 28 heavy (non-hydrogen) atoms. The van der Waals surface area contributed by atoms with Crippen LogP contribution in [0, 0.1) is 0 Å². The molecule has 0 atom stereocenters. The number of hydrogen-bond acceptors (Lipinski definition) is 7. The Labute approximate surface area is 163 Å². The van der Waals surface area contributed by atoms with Gasteiger partial charge in [0, 0.05) is 57.7 Å². The molecule has 148 valence electrons. The van der Waals surface area contributed by atoms with Gasteiger partial charge in [0.05, 0.1) is 0 Å². The van der Waals surface area contributed by atoms with Gasteiger partial charge in [-0.2, -0.15) is 10.1 Å². The summed E-state index contributed by atoms with van der Waals surface area (Å²) in [5.74, 6) is 1.62. The number of hydrogen-bond donors (Lipinski definition) is 0. The first kappa shape index (κ1) is 18.4. The molecule has 0 N–H and O–H groups in total. The molecule has 2 aliphatic rings. The maximum absolute atomic E-state index is 12.5. The highest BCUT2D eigenvalue weighted by Gasteiger charge is 2.23. The fraction of sp³-hybridized carbons (Fsp3) is 0.526. The highest BCUT2D eigenvalue weighted by atomic mass is 16.2. The highest BCUT2D eigenvalue weighted by Crippen LogP contribution is 2.19. The Balaban J connectivity index is 1.35. The molecule has 0 aliphatic carbocycles. The molecular formula is C19H25N7O2. The lowest BCUT2D eigenvalue weighted by atomic mass is 10.1. The highest BCUT2D eigenvalue weighted by molar-refractivity contribution is 5.76. The Hall–Kier alpha value is -2.97. The van der Waals surface area contributed by atoms with Crippen LogP contribution in [0.2, 0.25) is 0 Å². The topological polar surface area (TPSA) is 87.5 Å². The van der Waals surface area contributed by atoms with Crippen LogP contribution in [0.1, 0.15) is 19.3 Å². The van der Waals surface area contributed by atoms with Crippen LogP contribution in [-0.4, -0.2) is 69.8 Å². The molecule has 2 aliphatic heterocycles. The number of nitrogens with zero attached hydrogens (tertiary/aromatic N) is 7. The van der Waals surface area contributed by atoms with Crippen molar-refractivity contribution in [3.05, 3.63) is 40.9 Å². The number of piperidine rings is 1. The minimum Gasteiger partial charge on any atom is -0.353 e. The molecule has 4 heterocycles. The van der Waals surface area contributed by atoms with Crippen molar-refractivity contribution in [2.45, 2.75) is 25.8 Å². The van der Waals surface area contributed by atoms with E-state index in [1.165, 1.54) is 36.2 Å². The zero-order valence-electron chi connectivity index (χ0n) is 15.9. The van der Waals surface area contributed by atoms with E-state index in [4.69, 9.17) is 4.98 Å². The summed E-state index contributed by atoms with van der Waals surface area (Å²) in [5, 5.41) is 3.95. The monoisotopic (exact) mass is 383 g/mol. The smallest absolute Gasteiger partial charge is 0.267 e. The first-order valence-electron chi connectivity index (χ1n) is 9.83. The van der Waals surface area contributed by atoms with Gasteiger partial charge in [-0.1, -0.05) is 0 Å². The lowest BCUT2D eigenvalue weighted by Gasteiger charge is -2.36. The predicted molar refractivity (Wildman–Crippen MR) is 105 cm³/mol. The van der Waals surface area contributed by atoms with Crippen LogP contribution in [0.25, 0.3) is 0 Å². The molecule has 0 bridgehead atoms. The van der Waals surface area contributed by atoms with Crippen LogP contribution in [-0.2, 0) is 11.3 Å². The fourth-order valence-corrected chi connectivity index (χ4v) is 3.68. The number of carbonyl (C=O) groups excluding carboxylic acids is 1. The minimum absolute atomic E-state index is 0.0215. The van der Waals surface area contributed by atoms with Gasteiger partial charge in [0.2, 0.25) is 11.9 Å². The zero-order chi connectivity index (χ0) is 19.3. The molecule has 4 rings (SSSR count). The van der Waals surface area contributed by atoms with Gasteiger partial charge in [0.25, 0.3) is 5.56 Å². The van der Waals surface area contributed by atoms with E-state index in [0.29, 0.717) is 26.2 Å². The van der Waals surface area contributed by atoms with E-state index in [2.05, 4.69) is 19.9 Å². The van der Waals surface area contributed by atoms with Crippen molar-refractivity contribution in [2.75, 3.05) is 49.1 Å². The van der Waals surface area contributed by atoms with Gasteiger partial charge >= 0.3 is 0 Å². The van der Waals surface area contributed by atoms with Gasteiger partial charge in [-0.25, -0.2) is 9.67 Å². The Morgan fingerprint density at radius 2 is 1.71 bits per heavy atom. The van der Waals surface area contributed by atoms with Crippen LogP contribution in [0.15, 0.2) is 35.4 Å². The van der Waals surface area contributed by atoms with E-state index in [0.717, 1.165) is 24.9 Å². The first-order valence-corrected chi connectivity index (χ1v) is 9.83. The largest absolute Gasteiger partial charge is 0.353 e. The summed E-state index contributed by atoms with van der Waals surface area (Å²) in [7, 11) is 0. The molecule has 9 nitrogen and oxygen atoms in total. The van der Waals surface area contributed by atoms with Gasteiger partial charge < -0.3 is 14.7 Å². The summed E-state index contributed by atoms with van der Waals surface area (Å²) < 4.78 is 1.20. The average Bonchev–Trinajstić information content (AvgIpc) is 2.76. The second kappa shape index (κ2) is 8.37. The van der Waals surface area contributed by atoms with Gasteiger partial charge in [0.1, 0.15) is 12.4 Å². The number of aromatic nitrogens is 4. The van der Waals surface area contributed by atoms with E-state index < -0.39 is 0 Å². The van der Waals surface area contributed by atoms with Crippen LogP contribution < -0.4 is 15.4 Å². The van der Waals surface area contributed by atoms with Gasteiger partial charge in [0.15, 0.2) is 0 Å². The molecule has 0 aromatic carbocycles. The van der Waals surface area contributed by atoms with Crippen LogP contribution in [0.3, 0.4) is 0 Å². The number of amides is 1. The second-order valence-electron chi connectivity index (χ2n) is 7.15. The Morgan fingerprint density at radius 1 is 0.929 bits per heavy atom. The van der Waals surface area contributed by atoms with Crippen LogP contribution in [0.5, 0.6) is 0 Å². The van der Waals surface area contributed by atoms with Gasteiger partial charge in [-0.15, -0.1) is 0 Å². The summed E-state index contributed by atoms with van der Waals surface area (Å²) in [6.07, 6.45) is 6.98. The van der Waals surface area contributed by atoms with Gasteiger partial charge in [-0.05, 0) is 31.4 Å². The average molecular weight is 383 g/mol. The number of carbonyl (C=O) groups is 1. The number of anilines is 2. The Morgan fingerprint density at radius 3 is 2.46 bits per heavy atom. The maximum Gasteiger partial charge on any atom is 0.267 e. The SMILES string of the molecule is O=C(Cn1ncccc1=O)N1CCN(c2ccnc(N3CCCCC3)n2)CC1. The Bertz CT molecular complexity index is 870. The lowest BCUT2D eigenvalue weighted by Crippen LogP contribution is -2.50. The van der Waals surface area contributed by atoms with Crippen LogP contribution in [0.4, 0.5) is 11.8 Å². The summed E-state index contributed by atoms with van der Waals surface area (Å²) in [4.78, 5) is 39.6. The molecule has 9 heteroatoms. The molecule has 2 aromatic heterocycles. The van der Waals surface area contributed by atoms with Crippen molar-refractivity contribution in [1.82, 2.24) is 24.6 Å². The van der Waals surface area contributed by atoms with E-state index in [-0.39, 0.29) is 18.0 Å². The third kappa shape index (κ3) is 4.13. The van der Waals surface area contributed by atoms with Crippen molar-refractivity contribution in [2.24, 2.45) is 0 Å². The summed E-state index contributed by atoms with van der Waals surface area (Å²) in [6.45, 7) is 4.62. The molecule has 0 saturated carbocycles. The number of piperazine rings is 1. The third-order valence-electron chi connectivity index (χ3n) is 5.29. The zero-order valence-corrected chi connectivity index (χ0v) is 15.9. The van der Waals surface area contributed by atoms with Crippen molar-refractivity contribution < 1.29 is 4.79 Å². The van der Waals surface area contributed by atoms with E-state index >= 15 is 0 Å². The molecule has 2 saturated heterocycles. The van der Waals surface area contributed by atoms with Crippen molar-refractivity contribution in [3.63, 3.8) is 0 Å². The van der Waals surface area contributed by atoms with E-state index in [1.54, 1.807) is 11.0 Å². The summed E-state index contributed by atoms with van der Waals surface area (Å²) >= 11 is 0. The first-order chi connectivity index (χ1) is 13.7. The molecule has 2 aromatic rings. The normalized spacial score (nSPS) is 17.6. The molecule has 0 radical (unpaired) electrons. The molecule has 0 spiro atoms. The summed E-state index contributed by atoms with van der Waals surface area (Å²) in [6, 6.07) is 4.91. The lowest BCUT2D eigenvalue weighted by molar-refractivity contribution is -0.132.